The summed E-state index contributed by atoms with van der Waals surface area (Å²) >= 11 is 0. The summed E-state index contributed by atoms with van der Waals surface area (Å²) in [6, 6.07) is 10.3. The van der Waals surface area contributed by atoms with Crippen LogP contribution in [0.25, 0.3) is 0 Å². The van der Waals surface area contributed by atoms with Crippen LogP contribution in [0.2, 0.25) is 0 Å². The molecule has 156 valence electrons. The first kappa shape index (κ1) is 21.1. The summed E-state index contributed by atoms with van der Waals surface area (Å²) in [6.45, 7) is 7.28. The number of likely N-dealkylation sites (N-methyl/N-ethyl adjacent to an activating group) is 1. The largest absolute Gasteiger partial charge is 0.493 e. The number of methoxy groups -OCH3 is 1. The van der Waals surface area contributed by atoms with Crippen LogP contribution in [0.4, 0.5) is 0 Å². The number of rotatable bonds is 6. The zero-order valence-corrected chi connectivity index (χ0v) is 18.1. The highest BCUT2D eigenvalue weighted by Crippen LogP contribution is 2.31. The summed E-state index contributed by atoms with van der Waals surface area (Å²) in [5, 5.41) is 6.52. The molecule has 0 bridgehead atoms. The van der Waals surface area contributed by atoms with Crippen LogP contribution in [0.1, 0.15) is 16.7 Å². The minimum absolute atomic E-state index is 0.144. The maximum atomic E-state index is 12.8. The first-order chi connectivity index (χ1) is 13.8. The van der Waals surface area contributed by atoms with Crippen molar-refractivity contribution in [1.29, 1.82) is 0 Å². The fourth-order valence-corrected chi connectivity index (χ4v) is 4.29. The van der Waals surface area contributed by atoms with E-state index < -0.39 is 10.1 Å². The fourth-order valence-electron chi connectivity index (χ4n) is 3.03. The van der Waals surface area contributed by atoms with Crippen LogP contribution in [0.5, 0.6) is 11.5 Å². The second-order valence-electron chi connectivity index (χ2n) is 7.22. The Morgan fingerprint density at radius 1 is 1.00 bits per heavy atom. The third kappa shape index (κ3) is 5.27. The van der Waals surface area contributed by atoms with Crippen LogP contribution in [0.3, 0.4) is 0 Å². The molecule has 1 heterocycles. The van der Waals surface area contributed by atoms with Crippen molar-refractivity contribution in [3.63, 3.8) is 0 Å². The van der Waals surface area contributed by atoms with Gasteiger partial charge in [-0.2, -0.15) is 13.5 Å². The molecular formula is C21H27N3O4S. The summed E-state index contributed by atoms with van der Waals surface area (Å²) in [4.78, 5) is 2.41. The van der Waals surface area contributed by atoms with E-state index >= 15 is 0 Å². The molecule has 0 aromatic heterocycles. The smallest absolute Gasteiger partial charge is 0.339 e. The van der Waals surface area contributed by atoms with Gasteiger partial charge in [0.1, 0.15) is 4.90 Å². The average Bonchev–Trinajstić information content (AvgIpc) is 2.70. The topological polar surface area (TPSA) is 71.4 Å². The van der Waals surface area contributed by atoms with E-state index in [9.17, 15) is 8.42 Å². The predicted molar refractivity (Wildman–Crippen MR) is 113 cm³/mol. The maximum Gasteiger partial charge on any atom is 0.339 e. The van der Waals surface area contributed by atoms with Gasteiger partial charge in [0.25, 0.3) is 0 Å². The van der Waals surface area contributed by atoms with Crippen molar-refractivity contribution in [3.8, 4) is 11.5 Å². The highest BCUT2D eigenvalue weighted by molar-refractivity contribution is 7.87. The van der Waals surface area contributed by atoms with Crippen LogP contribution in [0, 0.1) is 13.8 Å². The molecule has 2 aromatic rings. The van der Waals surface area contributed by atoms with Crippen molar-refractivity contribution >= 4 is 16.3 Å². The van der Waals surface area contributed by atoms with Crippen LogP contribution in [-0.2, 0) is 10.1 Å². The molecular weight excluding hydrogens is 390 g/mol. The Balaban J connectivity index is 1.79. The van der Waals surface area contributed by atoms with Crippen molar-refractivity contribution in [2.45, 2.75) is 18.7 Å². The first-order valence-electron chi connectivity index (χ1n) is 9.46. The maximum absolute atomic E-state index is 12.8. The molecule has 1 fully saturated rings. The molecule has 0 unspecified atom stereocenters. The monoisotopic (exact) mass is 417 g/mol. The normalized spacial score (nSPS) is 15.7. The van der Waals surface area contributed by atoms with E-state index in [0.29, 0.717) is 11.3 Å². The van der Waals surface area contributed by atoms with Gasteiger partial charge >= 0.3 is 10.1 Å². The van der Waals surface area contributed by atoms with Gasteiger partial charge in [-0.05, 0) is 61.9 Å². The Morgan fingerprint density at radius 3 is 2.41 bits per heavy atom. The summed E-state index contributed by atoms with van der Waals surface area (Å²) < 4.78 is 36.3. The third-order valence-corrected chi connectivity index (χ3v) is 6.23. The lowest BCUT2D eigenvalue weighted by molar-refractivity contribution is 0.159. The molecule has 8 heteroatoms. The molecule has 29 heavy (non-hydrogen) atoms. The van der Waals surface area contributed by atoms with Gasteiger partial charge in [0.05, 0.1) is 13.3 Å². The summed E-state index contributed by atoms with van der Waals surface area (Å²) in [5.41, 5.74) is 2.28. The van der Waals surface area contributed by atoms with Crippen molar-refractivity contribution in [1.82, 2.24) is 9.91 Å². The van der Waals surface area contributed by atoms with Crippen molar-refractivity contribution in [2.24, 2.45) is 5.10 Å². The second kappa shape index (κ2) is 8.84. The van der Waals surface area contributed by atoms with Gasteiger partial charge in [-0.1, -0.05) is 12.1 Å². The van der Waals surface area contributed by atoms with Gasteiger partial charge in [0, 0.05) is 26.2 Å². The van der Waals surface area contributed by atoms with Crippen molar-refractivity contribution in [2.75, 3.05) is 40.3 Å². The van der Waals surface area contributed by atoms with E-state index in [1.807, 2.05) is 18.0 Å². The summed E-state index contributed by atoms with van der Waals surface area (Å²) in [5.74, 6) is 0.478. The van der Waals surface area contributed by atoms with E-state index in [2.05, 4.69) is 17.0 Å². The number of hydrogen-bond donors (Lipinski definition) is 0. The Labute approximate surface area is 172 Å². The molecule has 0 spiro atoms. The van der Waals surface area contributed by atoms with Crippen LogP contribution < -0.4 is 8.92 Å². The Hall–Kier alpha value is -2.58. The SMILES string of the molecule is COc1cc(/C=N\N2CCN(C)CC2)ccc1OS(=O)(=O)c1cc(C)ccc1C. The highest BCUT2D eigenvalue weighted by Gasteiger charge is 2.21. The van der Waals surface area contributed by atoms with Gasteiger partial charge in [-0.25, -0.2) is 0 Å². The lowest BCUT2D eigenvalue weighted by Gasteiger charge is -2.30. The van der Waals surface area contributed by atoms with Gasteiger partial charge in [-0.3, -0.25) is 5.01 Å². The Morgan fingerprint density at radius 2 is 1.72 bits per heavy atom. The Bertz CT molecular complexity index is 997. The van der Waals surface area contributed by atoms with Gasteiger partial charge in [-0.15, -0.1) is 0 Å². The number of piperazine rings is 1. The molecule has 1 saturated heterocycles. The van der Waals surface area contributed by atoms with Gasteiger partial charge in [0.15, 0.2) is 11.5 Å². The minimum atomic E-state index is -3.97. The third-order valence-electron chi connectivity index (χ3n) is 4.85. The first-order valence-corrected chi connectivity index (χ1v) is 10.9. The number of aryl methyl sites for hydroxylation is 2. The van der Waals surface area contributed by atoms with Crippen LogP contribution in [0.15, 0.2) is 46.4 Å². The number of hydrogen-bond acceptors (Lipinski definition) is 7. The fraction of sp³-hybridized carbons (Fsp3) is 0.381. The average molecular weight is 418 g/mol. The molecule has 0 radical (unpaired) electrons. The van der Waals surface area contributed by atoms with E-state index in [1.54, 1.807) is 43.5 Å². The molecule has 7 nitrogen and oxygen atoms in total. The lowest BCUT2D eigenvalue weighted by Crippen LogP contribution is -2.41. The zero-order chi connectivity index (χ0) is 21.0. The molecule has 3 rings (SSSR count). The van der Waals surface area contributed by atoms with E-state index in [1.165, 1.54) is 7.11 Å². The molecule has 0 aliphatic carbocycles. The number of ether oxygens (including phenoxy) is 1. The summed E-state index contributed by atoms with van der Waals surface area (Å²) in [6.07, 6.45) is 1.75. The molecule has 2 aromatic carbocycles. The number of benzene rings is 2. The molecule has 1 aliphatic heterocycles. The van der Waals surface area contributed by atoms with Crippen molar-refractivity contribution < 1.29 is 17.3 Å². The Kier molecular flexibility index (Phi) is 6.44. The number of nitrogens with zero attached hydrogens (tertiary/aromatic N) is 3. The van der Waals surface area contributed by atoms with Crippen molar-refractivity contribution in [3.05, 3.63) is 53.1 Å². The van der Waals surface area contributed by atoms with E-state index in [4.69, 9.17) is 8.92 Å². The second-order valence-corrected chi connectivity index (χ2v) is 8.73. The zero-order valence-electron chi connectivity index (χ0n) is 17.3. The molecule has 0 saturated carbocycles. The molecule has 1 aliphatic rings. The lowest BCUT2D eigenvalue weighted by atomic mass is 10.2. The van der Waals surface area contributed by atoms with Crippen LogP contribution in [-0.4, -0.2) is 64.9 Å². The van der Waals surface area contributed by atoms with E-state index in [-0.39, 0.29) is 10.6 Å². The van der Waals surface area contributed by atoms with E-state index in [0.717, 1.165) is 37.3 Å². The molecule has 0 amide bonds. The highest BCUT2D eigenvalue weighted by atomic mass is 32.2. The summed E-state index contributed by atoms with van der Waals surface area (Å²) in [7, 11) is -0.399. The van der Waals surface area contributed by atoms with Gasteiger partial charge < -0.3 is 13.8 Å². The van der Waals surface area contributed by atoms with Crippen LogP contribution >= 0.6 is 0 Å². The molecule has 0 atom stereocenters. The van der Waals surface area contributed by atoms with Gasteiger partial charge in [0.2, 0.25) is 0 Å². The predicted octanol–water partition coefficient (Wildman–Crippen LogP) is 2.66. The molecule has 0 N–H and O–H groups in total. The minimum Gasteiger partial charge on any atom is -0.493 e. The standard InChI is InChI=1S/C21H27N3O4S/c1-16-5-6-17(2)21(13-16)29(25,26)28-19-8-7-18(14-20(19)27-4)15-22-24-11-9-23(3)10-12-24/h5-8,13-15H,9-12H2,1-4H3/b22-15-. The quantitative estimate of drug-likeness (QED) is 0.532. The number of hydrazone groups is 1.